The first-order valence-corrected chi connectivity index (χ1v) is 6.37. The van der Waals surface area contributed by atoms with Gasteiger partial charge in [-0.15, -0.1) is 0 Å². The Balaban J connectivity index is 2.21. The van der Waals surface area contributed by atoms with Crippen molar-refractivity contribution in [3.8, 4) is 0 Å². The highest BCUT2D eigenvalue weighted by molar-refractivity contribution is 6.31. The van der Waals surface area contributed by atoms with Gasteiger partial charge in [0.2, 0.25) is 0 Å². The quantitative estimate of drug-likeness (QED) is 0.877. The third kappa shape index (κ3) is 2.92. The molecule has 0 bridgehead atoms. The molecule has 0 amide bonds. The summed E-state index contributed by atoms with van der Waals surface area (Å²) in [5, 5.41) is 3.73. The molecular formula is C14H16ClFN2. The lowest BCUT2D eigenvalue weighted by Crippen LogP contribution is -2.15. The highest BCUT2D eigenvalue weighted by Crippen LogP contribution is 2.20. The molecule has 0 spiro atoms. The standard InChI is InChI=1S/C14H16ClFN2/c1-2-17-9-11-5-4-8-18(11)10-12-13(15)6-3-7-14(12)16/h3-8,17H,2,9-10H2,1H3. The predicted molar refractivity (Wildman–Crippen MR) is 72.3 cm³/mol. The molecular weight excluding hydrogens is 251 g/mol. The molecule has 0 unspecified atom stereocenters. The second-order valence-corrected chi connectivity index (χ2v) is 4.52. The monoisotopic (exact) mass is 266 g/mol. The second kappa shape index (κ2) is 6.03. The molecule has 1 heterocycles. The van der Waals surface area contributed by atoms with Gasteiger partial charge in [0, 0.05) is 29.0 Å². The van der Waals surface area contributed by atoms with E-state index in [2.05, 4.69) is 12.2 Å². The van der Waals surface area contributed by atoms with Gasteiger partial charge in [-0.25, -0.2) is 4.39 Å². The van der Waals surface area contributed by atoms with Gasteiger partial charge in [0.25, 0.3) is 0 Å². The number of benzene rings is 1. The molecule has 96 valence electrons. The molecule has 0 atom stereocenters. The third-order valence-electron chi connectivity index (χ3n) is 2.87. The normalized spacial score (nSPS) is 10.8. The molecule has 2 aromatic rings. The number of halogens is 2. The van der Waals surface area contributed by atoms with Crippen molar-refractivity contribution in [1.82, 2.24) is 9.88 Å². The minimum absolute atomic E-state index is 0.259. The van der Waals surface area contributed by atoms with Crippen LogP contribution in [0.2, 0.25) is 5.02 Å². The Labute approximate surface area is 111 Å². The van der Waals surface area contributed by atoms with Gasteiger partial charge in [0.05, 0.1) is 6.54 Å². The Morgan fingerprint density at radius 2 is 2.11 bits per heavy atom. The molecule has 0 saturated carbocycles. The summed E-state index contributed by atoms with van der Waals surface area (Å²) in [6.07, 6.45) is 1.94. The van der Waals surface area contributed by atoms with E-state index in [1.54, 1.807) is 12.1 Å². The van der Waals surface area contributed by atoms with Gasteiger partial charge < -0.3 is 9.88 Å². The van der Waals surface area contributed by atoms with Gasteiger partial charge in [-0.2, -0.15) is 0 Å². The van der Waals surface area contributed by atoms with Crippen LogP contribution in [0.15, 0.2) is 36.5 Å². The summed E-state index contributed by atoms with van der Waals surface area (Å²) in [5.74, 6) is -0.259. The number of aromatic nitrogens is 1. The largest absolute Gasteiger partial charge is 0.346 e. The molecule has 4 heteroatoms. The molecule has 0 aliphatic carbocycles. The molecule has 2 nitrogen and oxygen atoms in total. The molecule has 2 rings (SSSR count). The number of nitrogens with one attached hydrogen (secondary N) is 1. The molecule has 0 aliphatic rings. The van der Waals surface area contributed by atoms with Crippen LogP contribution in [0.4, 0.5) is 4.39 Å². The van der Waals surface area contributed by atoms with Crippen molar-refractivity contribution in [3.63, 3.8) is 0 Å². The zero-order valence-corrected chi connectivity index (χ0v) is 11.0. The van der Waals surface area contributed by atoms with Gasteiger partial charge >= 0.3 is 0 Å². The van der Waals surface area contributed by atoms with Gasteiger partial charge in [0.1, 0.15) is 5.82 Å². The topological polar surface area (TPSA) is 17.0 Å². The average Bonchev–Trinajstić information content (AvgIpc) is 2.79. The van der Waals surface area contributed by atoms with E-state index in [1.807, 2.05) is 22.9 Å². The summed E-state index contributed by atoms with van der Waals surface area (Å²) in [7, 11) is 0. The van der Waals surface area contributed by atoms with E-state index in [9.17, 15) is 4.39 Å². The predicted octanol–water partition coefficient (Wildman–Crippen LogP) is 3.44. The van der Waals surface area contributed by atoms with E-state index in [1.165, 1.54) is 6.07 Å². The lowest BCUT2D eigenvalue weighted by Gasteiger charge is -2.11. The lowest BCUT2D eigenvalue weighted by atomic mass is 10.2. The van der Waals surface area contributed by atoms with Crippen molar-refractivity contribution < 1.29 is 4.39 Å². The van der Waals surface area contributed by atoms with Gasteiger partial charge in [-0.3, -0.25) is 0 Å². The fourth-order valence-corrected chi connectivity index (χ4v) is 2.09. The van der Waals surface area contributed by atoms with Crippen LogP contribution in [-0.4, -0.2) is 11.1 Å². The molecule has 0 fully saturated rings. The van der Waals surface area contributed by atoms with E-state index >= 15 is 0 Å². The number of hydrogen-bond donors (Lipinski definition) is 1. The van der Waals surface area contributed by atoms with Crippen LogP contribution in [0, 0.1) is 5.82 Å². The minimum atomic E-state index is -0.259. The van der Waals surface area contributed by atoms with Crippen LogP contribution in [-0.2, 0) is 13.1 Å². The molecule has 1 aromatic heterocycles. The van der Waals surface area contributed by atoms with Crippen molar-refractivity contribution in [2.75, 3.05) is 6.54 Å². The first kappa shape index (κ1) is 13.1. The summed E-state index contributed by atoms with van der Waals surface area (Å²) in [6, 6.07) is 8.76. The van der Waals surface area contributed by atoms with Crippen LogP contribution in [0.3, 0.4) is 0 Å². The zero-order chi connectivity index (χ0) is 13.0. The average molecular weight is 267 g/mol. The van der Waals surface area contributed by atoms with E-state index in [-0.39, 0.29) is 5.82 Å². The summed E-state index contributed by atoms with van der Waals surface area (Å²) in [5.41, 5.74) is 1.66. The highest BCUT2D eigenvalue weighted by Gasteiger charge is 2.09. The van der Waals surface area contributed by atoms with E-state index in [0.717, 1.165) is 18.8 Å². The summed E-state index contributed by atoms with van der Waals surface area (Å²) in [6.45, 7) is 4.20. The van der Waals surface area contributed by atoms with Gasteiger partial charge in [-0.05, 0) is 30.8 Å². The van der Waals surface area contributed by atoms with Crippen molar-refractivity contribution in [2.45, 2.75) is 20.0 Å². The smallest absolute Gasteiger partial charge is 0.129 e. The number of hydrogen-bond acceptors (Lipinski definition) is 1. The molecule has 0 radical (unpaired) electrons. The molecule has 18 heavy (non-hydrogen) atoms. The van der Waals surface area contributed by atoms with E-state index in [4.69, 9.17) is 11.6 Å². The summed E-state index contributed by atoms with van der Waals surface area (Å²) < 4.78 is 15.7. The molecule has 0 saturated heterocycles. The summed E-state index contributed by atoms with van der Waals surface area (Å²) in [4.78, 5) is 0. The van der Waals surface area contributed by atoms with Crippen molar-refractivity contribution in [2.24, 2.45) is 0 Å². The van der Waals surface area contributed by atoms with Crippen LogP contribution in [0.25, 0.3) is 0 Å². The Morgan fingerprint density at radius 1 is 1.28 bits per heavy atom. The SMILES string of the molecule is CCNCc1cccn1Cc1c(F)cccc1Cl. The Kier molecular flexibility index (Phi) is 4.39. The second-order valence-electron chi connectivity index (χ2n) is 4.11. The van der Waals surface area contributed by atoms with E-state index < -0.39 is 0 Å². The van der Waals surface area contributed by atoms with Crippen LogP contribution >= 0.6 is 11.6 Å². The minimum Gasteiger partial charge on any atom is -0.346 e. The van der Waals surface area contributed by atoms with Crippen molar-refractivity contribution in [1.29, 1.82) is 0 Å². The van der Waals surface area contributed by atoms with Crippen molar-refractivity contribution in [3.05, 3.63) is 58.6 Å². The molecule has 1 N–H and O–H groups in total. The first-order chi connectivity index (χ1) is 8.72. The number of nitrogens with zero attached hydrogens (tertiary/aromatic N) is 1. The lowest BCUT2D eigenvalue weighted by molar-refractivity contribution is 0.590. The Bertz CT molecular complexity index is 502. The maximum Gasteiger partial charge on any atom is 0.129 e. The Hall–Kier alpha value is -1.32. The van der Waals surface area contributed by atoms with Gasteiger partial charge in [0.15, 0.2) is 0 Å². The van der Waals surface area contributed by atoms with Crippen LogP contribution < -0.4 is 5.32 Å². The zero-order valence-electron chi connectivity index (χ0n) is 10.3. The maximum atomic E-state index is 13.7. The van der Waals surface area contributed by atoms with Crippen molar-refractivity contribution >= 4 is 11.6 Å². The third-order valence-corrected chi connectivity index (χ3v) is 3.22. The molecule has 1 aromatic carbocycles. The number of rotatable bonds is 5. The van der Waals surface area contributed by atoms with Crippen LogP contribution in [0.1, 0.15) is 18.2 Å². The van der Waals surface area contributed by atoms with E-state index in [0.29, 0.717) is 17.1 Å². The van der Waals surface area contributed by atoms with Gasteiger partial charge in [-0.1, -0.05) is 24.6 Å². The summed E-state index contributed by atoms with van der Waals surface area (Å²) >= 11 is 6.03. The fraction of sp³-hybridized carbons (Fsp3) is 0.286. The molecule has 0 aliphatic heterocycles. The highest BCUT2D eigenvalue weighted by atomic mass is 35.5. The first-order valence-electron chi connectivity index (χ1n) is 6.00. The maximum absolute atomic E-state index is 13.7. The fourth-order valence-electron chi connectivity index (χ4n) is 1.87. The Morgan fingerprint density at radius 3 is 2.83 bits per heavy atom. The van der Waals surface area contributed by atoms with Crippen LogP contribution in [0.5, 0.6) is 0 Å².